The number of hydrogen-bond acceptors (Lipinski definition) is 3. The van der Waals surface area contributed by atoms with Crippen molar-refractivity contribution in [1.82, 2.24) is 10.6 Å². The zero-order valence-electron chi connectivity index (χ0n) is 10.1. The van der Waals surface area contributed by atoms with Crippen LogP contribution < -0.4 is 10.6 Å². The molecule has 0 aliphatic carbocycles. The number of rotatable bonds is 8. The summed E-state index contributed by atoms with van der Waals surface area (Å²) >= 11 is 7.55. The van der Waals surface area contributed by atoms with Crippen LogP contribution in [0.2, 0.25) is 4.34 Å². The van der Waals surface area contributed by atoms with Crippen LogP contribution in [0.4, 0.5) is 0 Å². The molecule has 0 amide bonds. The van der Waals surface area contributed by atoms with E-state index in [1.807, 2.05) is 13.1 Å². The topological polar surface area (TPSA) is 24.1 Å². The maximum absolute atomic E-state index is 5.88. The predicted octanol–water partition coefficient (Wildman–Crippen LogP) is 2.78. The van der Waals surface area contributed by atoms with Gasteiger partial charge in [-0.15, -0.1) is 11.3 Å². The SMILES string of the molecule is CCC(CNC)CNCCc1ccc(Cl)s1. The van der Waals surface area contributed by atoms with Gasteiger partial charge < -0.3 is 10.6 Å². The van der Waals surface area contributed by atoms with Crippen LogP contribution >= 0.6 is 22.9 Å². The maximum atomic E-state index is 5.88. The van der Waals surface area contributed by atoms with E-state index in [1.165, 1.54) is 11.3 Å². The van der Waals surface area contributed by atoms with Crippen LogP contribution in [0.3, 0.4) is 0 Å². The van der Waals surface area contributed by atoms with E-state index in [0.717, 1.165) is 36.3 Å². The Labute approximate surface area is 107 Å². The van der Waals surface area contributed by atoms with Gasteiger partial charge in [0.1, 0.15) is 0 Å². The Morgan fingerprint density at radius 3 is 2.75 bits per heavy atom. The van der Waals surface area contributed by atoms with E-state index in [9.17, 15) is 0 Å². The van der Waals surface area contributed by atoms with E-state index in [-0.39, 0.29) is 0 Å². The molecule has 2 nitrogen and oxygen atoms in total. The lowest BCUT2D eigenvalue weighted by atomic mass is 10.1. The summed E-state index contributed by atoms with van der Waals surface area (Å²) in [6.07, 6.45) is 2.30. The predicted molar refractivity (Wildman–Crippen MR) is 73.6 cm³/mol. The molecule has 0 spiro atoms. The Balaban J connectivity index is 2.11. The van der Waals surface area contributed by atoms with Gasteiger partial charge in [-0.05, 0) is 51.2 Å². The average molecular weight is 261 g/mol. The van der Waals surface area contributed by atoms with Gasteiger partial charge in [0.2, 0.25) is 0 Å². The lowest BCUT2D eigenvalue weighted by molar-refractivity contribution is 0.447. The smallest absolute Gasteiger partial charge is 0.0931 e. The summed E-state index contributed by atoms with van der Waals surface area (Å²) in [7, 11) is 2.01. The lowest BCUT2D eigenvalue weighted by Crippen LogP contribution is -2.30. The van der Waals surface area contributed by atoms with Crippen LogP contribution in [-0.4, -0.2) is 26.7 Å². The highest BCUT2D eigenvalue weighted by molar-refractivity contribution is 7.16. The number of halogens is 1. The lowest BCUT2D eigenvalue weighted by Gasteiger charge is -2.14. The molecule has 1 aromatic heterocycles. The molecule has 1 atom stereocenters. The molecule has 1 heterocycles. The molecule has 0 aliphatic heterocycles. The summed E-state index contributed by atoms with van der Waals surface area (Å²) < 4.78 is 0.886. The zero-order chi connectivity index (χ0) is 11.8. The van der Waals surface area contributed by atoms with Crippen LogP contribution in [0.25, 0.3) is 0 Å². The molecule has 0 fully saturated rings. The van der Waals surface area contributed by atoms with E-state index in [4.69, 9.17) is 11.6 Å². The van der Waals surface area contributed by atoms with Crippen molar-refractivity contribution in [1.29, 1.82) is 0 Å². The van der Waals surface area contributed by atoms with Crippen molar-refractivity contribution >= 4 is 22.9 Å². The molecule has 4 heteroatoms. The molecular weight excluding hydrogens is 240 g/mol. The molecule has 1 rings (SSSR count). The molecule has 0 bridgehead atoms. The van der Waals surface area contributed by atoms with Gasteiger partial charge in [-0.25, -0.2) is 0 Å². The summed E-state index contributed by atoms with van der Waals surface area (Å²) in [6.45, 7) is 5.46. The van der Waals surface area contributed by atoms with Gasteiger partial charge in [-0.2, -0.15) is 0 Å². The number of nitrogens with one attached hydrogen (secondary N) is 2. The first-order valence-corrected chi connectivity index (χ1v) is 7.05. The van der Waals surface area contributed by atoms with E-state index in [0.29, 0.717) is 0 Å². The van der Waals surface area contributed by atoms with Crippen molar-refractivity contribution in [2.75, 3.05) is 26.7 Å². The molecule has 2 N–H and O–H groups in total. The first kappa shape index (κ1) is 14.0. The molecule has 92 valence electrons. The minimum atomic E-state index is 0.733. The average Bonchev–Trinajstić information content (AvgIpc) is 2.69. The molecule has 1 unspecified atom stereocenters. The first-order chi connectivity index (χ1) is 7.76. The fourth-order valence-corrected chi connectivity index (χ4v) is 2.74. The Morgan fingerprint density at radius 2 is 2.19 bits per heavy atom. The van der Waals surface area contributed by atoms with Gasteiger partial charge in [0.15, 0.2) is 0 Å². The third-order valence-corrected chi connectivity index (χ3v) is 3.97. The first-order valence-electron chi connectivity index (χ1n) is 5.85. The van der Waals surface area contributed by atoms with Crippen LogP contribution in [0, 0.1) is 5.92 Å². The highest BCUT2D eigenvalue weighted by atomic mass is 35.5. The van der Waals surface area contributed by atoms with Gasteiger partial charge in [-0.3, -0.25) is 0 Å². The second-order valence-electron chi connectivity index (χ2n) is 3.99. The summed E-state index contributed by atoms with van der Waals surface area (Å²) in [4.78, 5) is 1.36. The summed E-state index contributed by atoms with van der Waals surface area (Å²) in [5.74, 6) is 0.733. The second kappa shape index (κ2) is 8.07. The summed E-state index contributed by atoms with van der Waals surface area (Å²) in [6, 6.07) is 4.08. The fourth-order valence-electron chi connectivity index (χ4n) is 1.65. The summed E-state index contributed by atoms with van der Waals surface area (Å²) in [5.41, 5.74) is 0. The molecule has 1 aromatic rings. The highest BCUT2D eigenvalue weighted by Crippen LogP contribution is 2.21. The Hall–Kier alpha value is -0.0900. The van der Waals surface area contributed by atoms with Crippen molar-refractivity contribution in [3.63, 3.8) is 0 Å². The van der Waals surface area contributed by atoms with Crippen LogP contribution in [-0.2, 0) is 6.42 Å². The maximum Gasteiger partial charge on any atom is 0.0931 e. The molecular formula is C12H21ClN2S. The normalized spacial score (nSPS) is 12.9. The van der Waals surface area contributed by atoms with Crippen molar-refractivity contribution in [3.8, 4) is 0 Å². The quantitative estimate of drug-likeness (QED) is 0.703. The van der Waals surface area contributed by atoms with Gasteiger partial charge >= 0.3 is 0 Å². The van der Waals surface area contributed by atoms with Gasteiger partial charge in [0.25, 0.3) is 0 Å². The van der Waals surface area contributed by atoms with Crippen molar-refractivity contribution < 1.29 is 0 Å². The van der Waals surface area contributed by atoms with E-state index < -0.39 is 0 Å². The van der Waals surface area contributed by atoms with Crippen molar-refractivity contribution in [2.24, 2.45) is 5.92 Å². The largest absolute Gasteiger partial charge is 0.319 e. The molecule has 0 radical (unpaired) electrons. The minimum Gasteiger partial charge on any atom is -0.319 e. The van der Waals surface area contributed by atoms with Crippen molar-refractivity contribution in [2.45, 2.75) is 19.8 Å². The van der Waals surface area contributed by atoms with Gasteiger partial charge in [0.05, 0.1) is 4.34 Å². The third kappa shape index (κ3) is 5.30. The highest BCUT2D eigenvalue weighted by Gasteiger charge is 2.04. The zero-order valence-corrected chi connectivity index (χ0v) is 11.6. The standard InChI is InChI=1S/C12H21ClN2S/c1-3-10(8-14-2)9-15-7-6-11-4-5-12(13)16-11/h4-5,10,14-15H,3,6-9H2,1-2H3. The molecule has 0 aliphatic rings. The molecule has 0 aromatic carbocycles. The Kier molecular flexibility index (Phi) is 7.05. The van der Waals surface area contributed by atoms with Gasteiger partial charge in [-0.1, -0.05) is 24.9 Å². The third-order valence-electron chi connectivity index (χ3n) is 2.68. The fraction of sp³-hybridized carbons (Fsp3) is 0.667. The Bertz CT molecular complexity index is 288. The van der Waals surface area contributed by atoms with Crippen LogP contribution in [0.1, 0.15) is 18.2 Å². The van der Waals surface area contributed by atoms with Crippen LogP contribution in [0.15, 0.2) is 12.1 Å². The molecule has 16 heavy (non-hydrogen) atoms. The second-order valence-corrected chi connectivity index (χ2v) is 5.79. The molecule has 0 saturated carbocycles. The van der Waals surface area contributed by atoms with E-state index in [1.54, 1.807) is 11.3 Å². The van der Waals surface area contributed by atoms with Crippen molar-refractivity contribution in [3.05, 3.63) is 21.3 Å². The summed E-state index contributed by atoms with van der Waals surface area (Å²) in [5, 5.41) is 6.73. The minimum absolute atomic E-state index is 0.733. The Morgan fingerprint density at radius 1 is 1.38 bits per heavy atom. The number of hydrogen-bond donors (Lipinski definition) is 2. The van der Waals surface area contributed by atoms with Gasteiger partial charge in [0, 0.05) is 4.88 Å². The van der Waals surface area contributed by atoms with E-state index >= 15 is 0 Å². The monoisotopic (exact) mass is 260 g/mol. The molecule has 0 saturated heterocycles. The van der Waals surface area contributed by atoms with Crippen LogP contribution in [0.5, 0.6) is 0 Å². The number of thiophene rings is 1. The van der Waals surface area contributed by atoms with E-state index in [2.05, 4.69) is 23.6 Å².